The molecule has 0 saturated carbocycles. The highest BCUT2D eigenvalue weighted by Crippen LogP contribution is 2.22. The van der Waals surface area contributed by atoms with Gasteiger partial charge in [-0.3, -0.25) is 10.1 Å². The lowest BCUT2D eigenvalue weighted by Gasteiger charge is -2.04. The predicted octanol–water partition coefficient (Wildman–Crippen LogP) is 0.804. The first-order valence-electron chi connectivity index (χ1n) is 4.20. The Morgan fingerprint density at radius 1 is 1.60 bits per heavy atom. The highest BCUT2D eigenvalue weighted by molar-refractivity contribution is 5.52. The Bertz CT molecular complexity index is 412. The maximum absolute atomic E-state index is 10.5. The van der Waals surface area contributed by atoms with Gasteiger partial charge in [-0.2, -0.15) is 5.26 Å². The zero-order chi connectivity index (χ0) is 11.3. The summed E-state index contributed by atoms with van der Waals surface area (Å²) < 4.78 is 5.13. The van der Waals surface area contributed by atoms with Crippen LogP contribution in [0.15, 0.2) is 18.2 Å². The van der Waals surface area contributed by atoms with Crippen LogP contribution in [0.5, 0.6) is 5.75 Å². The number of hydrogen-bond donors (Lipinski definition) is 1. The van der Waals surface area contributed by atoms with Gasteiger partial charge in [0.05, 0.1) is 4.92 Å². The number of benzene rings is 1. The molecule has 0 spiro atoms. The molecule has 0 radical (unpaired) electrons. The lowest BCUT2D eigenvalue weighted by molar-refractivity contribution is -0.385. The Morgan fingerprint density at radius 2 is 2.33 bits per heavy atom. The van der Waals surface area contributed by atoms with E-state index in [0.717, 1.165) is 0 Å². The first kappa shape index (κ1) is 10.9. The summed E-state index contributed by atoms with van der Waals surface area (Å²) in [4.78, 5) is 9.89. The average molecular weight is 207 g/mol. The molecule has 6 nitrogen and oxygen atoms in total. The summed E-state index contributed by atoms with van der Waals surface area (Å²) in [6.45, 7) is 0.654. The molecular weight excluding hydrogens is 198 g/mol. The first-order chi connectivity index (χ1) is 7.19. The maximum Gasteiger partial charge on any atom is 0.287 e. The molecule has 0 saturated heterocycles. The SMILES string of the molecule is N#Cc1cc(OCCN)ccc1[N+](=O)[O-]. The van der Waals surface area contributed by atoms with E-state index >= 15 is 0 Å². The molecule has 78 valence electrons. The third-order valence-corrected chi connectivity index (χ3v) is 1.67. The van der Waals surface area contributed by atoms with Crippen LogP contribution in [0.3, 0.4) is 0 Å². The second kappa shape index (κ2) is 4.93. The fourth-order valence-electron chi connectivity index (χ4n) is 1.03. The van der Waals surface area contributed by atoms with Crippen molar-refractivity contribution in [3.05, 3.63) is 33.9 Å². The lowest BCUT2D eigenvalue weighted by atomic mass is 10.2. The molecule has 0 atom stereocenters. The molecule has 2 N–H and O–H groups in total. The minimum Gasteiger partial charge on any atom is -0.492 e. The van der Waals surface area contributed by atoms with Crippen LogP contribution >= 0.6 is 0 Å². The van der Waals surface area contributed by atoms with Gasteiger partial charge in [-0.25, -0.2) is 0 Å². The van der Waals surface area contributed by atoms with Gasteiger partial charge in [0.2, 0.25) is 0 Å². The van der Waals surface area contributed by atoms with Crippen molar-refractivity contribution in [1.29, 1.82) is 5.26 Å². The molecule has 0 unspecified atom stereocenters. The summed E-state index contributed by atoms with van der Waals surface area (Å²) in [5, 5.41) is 19.2. The standard InChI is InChI=1S/C9H9N3O3/c10-3-4-15-8-1-2-9(12(13)14)7(5-8)6-11/h1-2,5H,3-4,10H2. The Balaban J connectivity index is 2.98. The zero-order valence-electron chi connectivity index (χ0n) is 7.84. The number of nitriles is 1. The first-order valence-corrected chi connectivity index (χ1v) is 4.20. The molecule has 15 heavy (non-hydrogen) atoms. The van der Waals surface area contributed by atoms with Gasteiger partial charge in [0, 0.05) is 18.7 Å². The molecule has 0 aliphatic heterocycles. The van der Waals surface area contributed by atoms with Crippen LogP contribution in [-0.2, 0) is 0 Å². The minimum atomic E-state index is -0.606. The van der Waals surface area contributed by atoms with Gasteiger partial charge in [-0.15, -0.1) is 0 Å². The molecule has 1 aromatic carbocycles. The van der Waals surface area contributed by atoms with Crippen LogP contribution < -0.4 is 10.5 Å². The van der Waals surface area contributed by atoms with E-state index in [2.05, 4.69) is 0 Å². The van der Waals surface area contributed by atoms with Crippen molar-refractivity contribution in [2.24, 2.45) is 5.73 Å². The quantitative estimate of drug-likeness (QED) is 0.581. The Kier molecular flexibility index (Phi) is 3.60. The van der Waals surface area contributed by atoms with Crippen LogP contribution in [0.4, 0.5) is 5.69 Å². The number of nitrogens with two attached hydrogens (primary N) is 1. The second-order valence-electron chi connectivity index (χ2n) is 2.69. The fourth-order valence-corrected chi connectivity index (χ4v) is 1.03. The van der Waals surface area contributed by atoms with E-state index in [9.17, 15) is 10.1 Å². The molecule has 0 amide bonds. The number of hydrogen-bond acceptors (Lipinski definition) is 5. The van der Waals surface area contributed by atoms with Crippen molar-refractivity contribution in [2.45, 2.75) is 0 Å². The molecule has 0 heterocycles. The summed E-state index contributed by atoms with van der Waals surface area (Å²) in [6, 6.07) is 5.75. The van der Waals surface area contributed by atoms with Gasteiger partial charge in [0.15, 0.2) is 0 Å². The summed E-state index contributed by atoms with van der Waals surface area (Å²) >= 11 is 0. The normalized spacial score (nSPS) is 9.33. The van der Waals surface area contributed by atoms with Gasteiger partial charge in [0.1, 0.15) is 24.0 Å². The molecular formula is C9H9N3O3. The van der Waals surface area contributed by atoms with E-state index in [1.165, 1.54) is 18.2 Å². The zero-order valence-corrected chi connectivity index (χ0v) is 7.84. The summed E-state index contributed by atoms with van der Waals surface area (Å²) in [6.07, 6.45) is 0. The van der Waals surface area contributed by atoms with E-state index in [1.807, 2.05) is 0 Å². The molecule has 0 aliphatic rings. The van der Waals surface area contributed by atoms with Crippen LogP contribution in [0.25, 0.3) is 0 Å². The van der Waals surface area contributed by atoms with Crippen LogP contribution in [0.2, 0.25) is 0 Å². The van der Waals surface area contributed by atoms with Gasteiger partial charge in [0.25, 0.3) is 5.69 Å². The molecule has 1 rings (SSSR count). The fraction of sp³-hybridized carbons (Fsp3) is 0.222. The van der Waals surface area contributed by atoms with Gasteiger partial charge >= 0.3 is 0 Å². The summed E-state index contributed by atoms with van der Waals surface area (Å²) in [5.41, 5.74) is 4.98. The molecule has 6 heteroatoms. The Labute approximate surface area is 86.0 Å². The topological polar surface area (TPSA) is 102 Å². The van der Waals surface area contributed by atoms with Crippen molar-refractivity contribution >= 4 is 5.69 Å². The third-order valence-electron chi connectivity index (χ3n) is 1.67. The number of rotatable bonds is 4. The van der Waals surface area contributed by atoms with E-state index in [-0.39, 0.29) is 11.3 Å². The molecule has 0 fully saturated rings. The van der Waals surface area contributed by atoms with Crippen molar-refractivity contribution in [3.8, 4) is 11.8 Å². The van der Waals surface area contributed by atoms with Gasteiger partial charge in [-0.05, 0) is 6.07 Å². The van der Waals surface area contributed by atoms with E-state index in [1.54, 1.807) is 6.07 Å². The smallest absolute Gasteiger partial charge is 0.287 e. The summed E-state index contributed by atoms with van der Waals surface area (Å²) in [7, 11) is 0. The number of ether oxygens (including phenoxy) is 1. The van der Waals surface area contributed by atoms with Crippen LogP contribution in [0, 0.1) is 21.4 Å². The Hall–Kier alpha value is -2.13. The van der Waals surface area contributed by atoms with Crippen LogP contribution in [0.1, 0.15) is 5.56 Å². The number of nitro benzene ring substituents is 1. The van der Waals surface area contributed by atoms with E-state index in [0.29, 0.717) is 18.9 Å². The lowest BCUT2D eigenvalue weighted by Crippen LogP contribution is -2.10. The monoisotopic (exact) mass is 207 g/mol. The van der Waals surface area contributed by atoms with E-state index in [4.69, 9.17) is 15.7 Å². The van der Waals surface area contributed by atoms with E-state index < -0.39 is 4.92 Å². The summed E-state index contributed by atoms with van der Waals surface area (Å²) in [5.74, 6) is 0.405. The molecule has 0 aromatic heterocycles. The van der Waals surface area contributed by atoms with Crippen molar-refractivity contribution in [1.82, 2.24) is 0 Å². The third kappa shape index (κ3) is 2.65. The van der Waals surface area contributed by atoms with Crippen LogP contribution in [-0.4, -0.2) is 18.1 Å². The van der Waals surface area contributed by atoms with Gasteiger partial charge < -0.3 is 10.5 Å². The van der Waals surface area contributed by atoms with Crippen molar-refractivity contribution in [2.75, 3.05) is 13.2 Å². The maximum atomic E-state index is 10.5. The highest BCUT2D eigenvalue weighted by Gasteiger charge is 2.13. The predicted molar refractivity (Wildman–Crippen MR) is 52.4 cm³/mol. The largest absolute Gasteiger partial charge is 0.492 e. The molecule has 0 aliphatic carbocycles. The van der Waals surface area contributed by atoms with Crippen molar-refractivity contribution < 1.29 is 9.66 Å². The minimum absolute atomic E-state index is 0.0190. The Morgan fingerprint density at radius 3 is 2.87 bits per heavy atom. The molecule has 0 bridgehead atoms. The second-order valence-corrected chi connectivity index (χ2v) is 2.69. The number of nitrogens with zero attached hydrogens (tertiary/aromatic N) is 2. The average Bonchev–Trinajstić information content (AvgIpc) is 2.25. The number of nitro groups is 1. The highest BCUT2D eigenvalue weighted by atomic mass is 16.6. The van der Waals surface area contributed by atoms with Gasteiger partial charge in [-0.1, -0.05) is 0 Å². The van der Waals surface area contributed by atoms with Crippen molar-refractivity contribution in [3.63, 3.8) is 0 Å². The molecule has 1 aromatic rings.